The Bertz CT molecular complexity index is 1000. The second-order valence-corrected chi connectivity index (χ2v) is 5.58. The van der Waals surface area contributed by atoms with Crippen LogP contribution in [-0.4, -0.2) is 39.7 Å². The number of aromatic nitrogens is 8. The minimum absolute atomic E-state index is 0.126. The summed E-state index contributed by atoms with van der Waals surface area (Å²) in [4.78, 5) is 12.6. The molecule has 2 N–H and O–H groups in total. The molecular weight excluding hydrogens is 306 g/mol. The Labute approximate surface area is 137 Å². The van der Waals surface area contributed by atoms with Crippen LogP contribution in [0.2, 0.25) is 0 Å². The monoisotopic (exact) mass is 321 g/mol. The third-order valence-electron chi connectivity index (χ3n) is 3.63. The molecule has 9 nitrogen and oxygen atoms in total. The summed E-state index contributed by atoms with van der Waals surface area (Å²) in [6, 6.07) is 5.71. The van der Waals surface area contributed by atoms with Gasteiger partial charge in [-0.05, 0) is 26.0 Å². The SMILES string of the molecule is CC(C)n1nc(-c2cn(-c3ccccn3)nn2)c2c(N)ncnc21. The highest BCUT2D eigenvalue weighted by Gasteiger charge is 2.20. The fourth-order valence-corrected chi connectivity index (χ4v) is 2.51. The van der Waals surface area contributed by atoms with Crippen molar-refractivity contribution in [2.45, 2.75) is 19.9 Å². The Hall–Kier alpha value is -3.36. The molecule has 0 aliphatic rings. The lowest BCUT2D eigenvalue weighted by Crippen LogP contribution is -2.04. The Morgan fingerprint density at radius 1 is 1.12 bits per heavy atom. The molecule has 0 saturated carbocycles. The van der Waals surface area contributed by atoms with E-state index < -0.39 is 0 Å². The van der Waals surface area contributed by atoms with Crippen molar-refractivity contribution >= 4 is 16.9 Å². The Kier molecular flexibility index (Phi) is 3.19. The molecule has 0 saturated heterocycles. The van der Waals surface area contributed by atoms with Gasteiger partial charge in [0, 0.05) is 12.2 Å². The topological polar surface area (TPSA) is 113 Å². The van der Waals surface area contributed by atoms with Crippen LogP contribution in [0.25, 0.3) is 28.2 Å². The number of nitrogen functional groups attached to an aromatic ring is 1. The lowest BCUT2D eigenvalue weighted by atomic mass is 10.2. The lowest BCUT2D eigenvalue weighted by molar-refractivity contribution is 0.547. The molecule has 0 amide bonds. The van der Waals surface area contributed by atoms with E-state index in [1.807, 2.05) is 36.7 Å². The van der Waals surface area contributed by atoms with E-state index in [1.165, 1.54) is 6.33 Å². The number of hydrogen-bond donors (Lipinski definition) is 1. The van der Waals surface area contributed by atoms with Crippen LogP contribution >= 0.6 is 0 Å². The van der Waals surface area contributed by atoms with Gasteiger partial charge in [0.05, 0.1) is 11.6 Å². The van der Waals surface area contributed by atoms with E-state index in [1.54, 1.807) is 17.1 Å². The second-order valence-electron chi connectivity index (χ2n) is 5.58. The highest BCUT2D eigenvalue weighted by Crippen LogP contribution is 2.30. The van der Waals surface area contributed by atoms with Crippen molar-refractivity contribution in [2.24, 2.45) is 0 Å². The Balaban J connectivity index is 1.90. The third kappa shape index (κ3) is 2.18. The maximum Gasteiger partial charge on any atom is 0.164 e. The van der Waals surface area contributed by atoms with E-state index in [2.05, 4.69) is 30.4 Å². The van der Waals surface area contributed by atoms with Gasteiger partial charge >= 0.3 is 0 Å². The largest absolute Gasteiger partial charge is 0.383 e. The molecule has 0 bridgehead atoms. The Morgan fingerprint density at radius 2 is 2.00 bits per heavy atom. The average Bonchev–Trinajstić information content (AvgIpc) is 3.21. The molecule has 4 aromatic heterocycles. The molecule has 0 unspecified atom stereocenters. The summed E-state index contributed by atoms with van der Waals surface area (Å²) in [6.07, 6.45) is 4.90. The van der Waals surface area contributed by atoms with Crippen molar-refractivity contribution in [3.8, 4) is 17.2 Å². The molecule has 0 aliphatic carbocycles. The van der Waals surface area contributed by atoms with E-state index in [4.69, 9.17) is 5.73 Å². The van der Waals surface area contributed by atoms with Crippen molar-refractivity contribution in [1.82, 2.24) is 39.7 Å². The third-order valence-corrected chi connectivity index (χ3v) is 3.63. The van der Waals surface area contributed by atoms with Crippen molar-refractivity contribution < 1.29 is 0 Å². The fraction of sp³-hybridized carbons (Fsp3) is 0.200. The van der Waals surface area contributed by atoms with Gasteiger partial charge in [-0.1, -0.05) is 11.3 Å². The summed E-state index contributed by atoms with van der Waals surface area (Å²) < 4.78 is 3.40. The number of anilines is 1. The zero-order valence-corrected chi connectivity index (χ0v) is 13.2. The van der Waals surface area contributed by atoms with Crippen LogP contribution in [0, 0.1) is 0 Å². The summed E-state index contributed by atoms with van der Waals surface area (Å²) in [5, 5.41) is 13.6. The molecule has 4 rings (SSSR count). The maximum atomic E-state index is 6.05. The average molecular weight is 321 g/mol. The minimum atomic E-state index is 0.126. The number of hydrogen-bond acceptors (Lipinski definition) is 7. The molecule has 9 heteroatoms. The van der Waals surface area contributed by atoms with Gasteiger partial charge in [-0.3, -0.25) is 0 Å². The van der Waals surface area contributed by atoms with Crippen molar-refractivity contribution in [3.05, 3.63) is 36.9 Å². The highest BCUT2D eigenvalue weighted by atomic mass is 15.4. The summed E-state index contributed by atoms with van der Waals surface area (Å²) in [5.74, 6) is 1.04. The van der Waals surface area contributed by atoms with Crippen LogP contribution in [0.1, 0.15) is 19.9 Å². The van der Waals surface area contributed by atoms with Gasteiger partial charge in [0.15, 0.2) is 11.5 Å². The van der Waals surface area contributed by atoms with Gasteiger partial charge in [-0.2, -0.15) is 5.10 Å². The molecule has 0 spiro atoms. The van der Waals surface area contributed by atoms with Crippen LogP contribution in [-0.2, 0) is 0 Å². The first-order valence-corrected chi connectivity index (χ1v) is 7.48. The number of nitrogens with zero attached hydrogens (tertiary/aromatic N) is 8. The number of fused-ring (bicyclic) bond motifs is 1. The molecule has 0 aliphatic heterocycles. The molecular formula is C15H15N9. The zero-order valence-electron chi connectivity index (χ0n) is 13.2. The van der Waals surface area contributed by atoms with E-state index in [0.29, 0.717) is 34.1 Å². The summed E-state index contributed by atoms with van der Waals surface area (Å²) in [7, 11) is 0. The molecule has 0 radical (unpaired) electrons. The van der Waals surface area contributed by atoms with Crippen LogP contribution in [0.3, 0.4) is 0 Å². The zero-order chi connectivity index (χ0) is 16.7. The number of nitrogens with two attached hydrogens (primary N) is 1. The second kappa shape index (κ2) is 5.37. The molecule has 24 heavy (non-hydrogen) atoms. The normalized spacial score (nSPS) is 11.5. The van der Waals surface area contributed by atoms with Gasteiger partial charge < -0.3 is 5.73 Å². The molecule has 0 atom stereocenters. The highest BCUT2D eigenvalue weighted by molar-refractivity contribution is 5.97. The van der Waals surface area contributed by atoms with E-state index in [0.717, 1.165) is 0 Å². The maximum absolute atomic E-state index is 6.05. The predicted octanol–water partition coefficient (Wildman–Crippen LogP) is 1.63. The predicted molar refractivity (Wildman–Crippen MR) is 88.3 cm³/mol. The van der Waals surface area contributed by atoms with E-state index >= 15 is 0 Å². The summed E-state index contributed by atoms with van der Waals surface area (Å²) in [6.45, 7) is 4.05. The van der Waals surface area contributed by atoms with Gasteiger partial charge in [0.25, 0.3) is 0 Å². The number of rotatable bonds is 3. The van der Waals surface area contributed by atoms with Gasteiger partial charge in [0.2, 0.25) is 0 Å². The molecule has 120 valence electrons. The fourth-order valence-electron chi connectivity index (χ4n) is 2.51. The van der Waals surface area contributed by atoms with E-state index in [-0.39, 0.29) is 6.04 Å². The van der Waals surface area contributed by atoms with Crippen molar-refractivity contribution in [2.75, 3.05) is 5.73 Å². The van der Waals surface area contributed by atoms with Gasteiger partial charge in [-0.25, -0.2) is 24.3 Å². The smallest absolute Gasteiger partial charge is 0.164 e. The van der Waals surface area contributed by atoms with Crippen LogP contribution in [0.15, 0.2) is 36.9 Å². The van der Waals surface area contributed by atoms with Gasteiger partial charge in [0.1, 0.15) is 23.5 Å². The first kappa shape index (κ1) is 14.2. The van der Waals surface area contributed by atoms with Crippen LogP contribution in [0.4, 0.5) is 5.82 Å². The van der Waals surface area contributed by atoms with Crippen LogP contribution < -0.4 is 5.73 Å². The van der Waals surface area contributed by atoms with E-state index in [9.17, 15) is 0 Å². The van der Waals surface area contributed by atoms with Crippen LogP contribution in [0.5, 0.6) is 0 Å². The molecule has 0 fully saturated rings. The standard InChI is InChI=1S/C15H15N9/c1-9(2)24-15-12(14(16)18-8-19-15)13(21-24)10-7-23(22-20-10)11-5-3-4-6-17-11/h3-9H,1-2H3,(H2,16,18,19). The van der Waals surface area contributed by atoms with Gasteiger partial charge in [-0.15, -0.1) is 5.10 Å². The minimum Gasteiger partial charge on any atom is -0.383 e. The molecule has 0 aromatic carbocycles. The molecule has 4 heterocycles. The number of pyridine rings is 1. The van der Waals surface area contributed by atoms with Crippen molar-refractivity contribution in [1.29, 1.82) is 0 Å². The quantitative estimate of drug-likeness (QED) is 0.610. The first-order chi connectivity index (χ1) is 11.6. The van der Waals surface area contributed by atoms with Crippen molar-refractivity contribution in [3.63, 3.8) is 0 Å². The molecule has 4 aromatic rings. The lowest BCUT2D eigenvalue weighted by Gasteiger charge is -2.05. The summed E-state index contributed by atoms with van der Waals surface area (Å²) in [5.41, 5.74) is 7.93. The Morgan fingerprint density at radius 3 is 2.75 bits per heavy atom. The first-order valence-electron chi connectivity index (χ1n) is 7.48. The summed E-state index contributed by atoms with van der Waals surface area (Å²) >= 11 is 0.